The van der Waals surface area contributed by atoms with Crippen LogP contribution in [0.1, 0.15) is 28.9 Å². The Bertz CT molecular complexity index is 646. The molecule has 0 saturated heterocycles. The van der Waals surface area contributed by atoms with Crippen molar-refractivity contribution in [3.63, 3.8) is 0 Å². The summed E-state index contributed by atoms with van der Waals surface area (Å²) in [6.45, 7) is 1.94. The lowest BCUT2D eigenvalue weighted by atomic mass is 10.1. The quantitative estimate of drug-likeness (QED) is 0.716. The first-order valence-electron chi connectivity index (χ1n) is 5.99. The van der Waals surface area contributed by atoms with Crippen LogP contribution in [0.4, 0.5) is 0 Å². The zero-order valence-corrected chi connectivity index (χ0v) is 14.6. The van der Waals surface area contributed by atoms with Gasteiger partial charge in [-0.2, -0.15) is 0 Å². The molecule has 0 radical (unpaired) electrons. The van der Waals surface area contributed by atoms with Crippen molar-refractivity contribution in [2.45, 2.75) is 13.0 Å². The van der Waals surface area contributed by atoms with Gasteiger partial charge in [-0.1, -0.05) is 45.7 Å². The predicted octanol–water partition coefficient (Wildman–Crippen LogP) is 5.36. The second kappa shape index (κ2) is 6.74. The lowest BCUT2D eigenvalue weighted by molar-refractivity contribution is 0.0940. The molecule has 1 unspecified atom stereocenters. The molecule has 0 bridgehead atoms. The van der Waals surface area contributed by atoms with Gasteiger partial charge in [0, 0.05) is 8.95 Å². The maximum atomic E-state index is 12.3. The molecule has 20 heavy (non-hydrogen) atoms. The van der Waals surface area contributed by atoms with E-state index in [1.165, 1.54) is 0 Å². The standard InChI is InChI=1S/C15H12Br2ClNO/c1-9(10-4-2-5-11(16)8-10)19-15(20)12-6-3-7-13(17)14(12)18/h2-9H,1H3,(H,19,20). The first kappa shape index (κ1) is 15.5. The summed E-state index contributed by atoms with van der Waals surface area (Å²) in [4.78, 5) is 12.3. The first-order chi connectivity index (χ1) is 9.49. The van der Waals surface area contributed by atoms with E-state index in [0.717, 1.165) is 10.0 Å². The molecular formula is C15H12Br2ClNO. The van der Waals surface area contributed by atoms with Gasteiger partial charge in [0.25, 0.3) is 5.91 Å². The molecule has 0 aliphatic rings. The minimum atomic E-state index is -0.191. The highest BCUT2D eigenvalue weighted by Crippen LogP contribution is 2.26. The Morgan fingerprint density at radius 1 is 1.20 bits per heavy atom. The van der Waals surface area contributed by atoms with E-state index in [1.807, 2.05) is 31.2 Å². The number of carbonyl (C=O) groups excluding carboxylic acids is 1. The molecule has 1 amide bonds. The van der Waals surface area contributed by atoms with Gasteiger partial charge in [0.2, 0.25) is 0 Å². The number of carbonyl (C=O) groups is 1. The summed E-state index contributed by atoms with van der Waals surface area (Å²) >= 11 is 12.9. The fourth-order valence-electron chi connectivity index (χ4n) is 1.81. The molecule has 0 fully saturated rings. The van der Waals surface area contributed by atoms with Crippen LogP contribution in [-0.2, 0) is 0 Å². The molecule has 2 rings (SSSR count). The van der Waals surface area contributed by atoms with Crippen LogP contribution in [0.2, 0.25) is 5.02 Å². The van der Waals surface area contributed by atoms with Crippen molar-refractivity contribution in [1.29, 1.82) is 0 Å². The molecule has 1 N–H and O–H groups in total. The summed E-state index contributed by atoms with van der Waals surface area (Å²) in [6.07, 6.45) is 0. The third-order valence-electron chi connectivity index (χ3n) is 2.89. The van der Waals surface area contributed by atoms with E-state index in [1.54, 1.807) is 18.2 Å². The third-order valence-corrected chi connectivity index (χ3v) is 4.68. The Labute approximate surface area is 139 Å². The molecule has 0 aliphatic heterocycles. The normalized spacial score (nSPS) is 12.0. The van der Waals surface area contributed by atoms with Gasteiger partial charge in [-0.25, -0.2) is 0 Å². The highest BCUT2D eigenvalue weighted by molar-refractivity contribution is 9.10. The van der Waals surface area contributed by atoms with Crippen LogP contribution in [0, 0.1) is 0 Å². The van der Waals surface area contributed by atoms with E-state index in [-0.39, 0.29) is 11.9 Å². The number of rotatable bonds is 3. The molecule has 0 heterocycles. The van der Waals surface area contributed by atoms with Crippen molar-refractivity contribution in [3.05, 3.63) is 67.6 Å². The first-order valence-corrected chi connectivity index (χ1v) is 7.96. The van der Waals surface area contributed by atoms with E-state index in [2.05, 4.69) is 37.2 Å². The molecule has 1 atom stereocenters. The molecule has 104 valence electrons. The van der Waals surface area contributed by atoms with Crippen molar-refractivity contribution in [3.8, 4) is 0 Å². The molecular weight excluding hydrogens is 405 g/mol. The lowest BCUT2D eigenvalue weighted by Crippen LogP contribution is -2.26. The summed E-state index contributed by atoms with van der Waals surface area (Å²) < 4.78 is 1.69. The number of amides is 1. The van der Waals surface area contributed by atoms with Gasteiger partial charge in [-0.3, -0.25) is 4.79 Å². The Morgan fingerprint density at radius 2 is 1.90 bits per heavy atom. The van der Waals surface area contributed by atoms with Crippen LogP contribution < -0.4 is 5.32 Å². The summed E-state index contributed by atoms with van der Waals surface area (Å²) in [5.74, 6) is -0.191. The highest BCUT2D eigenvalue weighted by atomic mass is 79.9. The largest absolute Gasteiger partial charge is 0.345 e. The fourth-order valence-corrected chi connectivity index (χ4v) is 2.81. The summed E-state index contributed by atoms with van der Waals surface area (Å²) in [6, 6.07) is 13.0. The Kier molecular flexibility index (Phi) is 5.24. The van der Waals surface area contributed by atoms with E-state index < -0.39 is 0 Å². The molecule has 0 spiro atoms. The minimum absolute atomic E-state index is 0.102. The lowest BCUT2D eigenvalue weighted by Gasteiger charge is -2.15. The molecule has 2 nitrogen and oxygen atoms in total. The summed E-state index contributed by atoms with van der Waals surface area (Å²) in [5, 5.41) is 3.37. The number of benzene rings is 2. The van der Waals surface area contributed by atoms with Gasteiger partial charge < -0.3 is 5.32 Å². The molecule has 0 aromatic heterocycles. The molecule has 2 aromatic rings. The number of hydrogen-bond donors (Lipinski definition) is 1. The fraction of sp³-hybridized carbons (Fsp3) is 0.133. The predicted molar refractivity (Wildman–Crippen MR) is 89.2 cm³/mol. The van der Waals surface area contributed by atoms with Crippen LogP contribution >= 0.6 is 43.5 Å². The van der Waals surface area contributed by atoms with Crippen LogP contribution in [0.5, 0.6) is 0 Å². The smallest absolute Gasteiger partial charge is 0.253 e. The second-order valence-corrected chi connectivity index (χ2v) is 6.50. The Balaban J connectivity index is 2.17. The SMILES string of the molecule is CC(NC(=O)c1cccc(Br)c1Cl)c1cccc(Br)c1. The zero-order chi connectivity index (χ0) is 14.7. The summed E-state index contributed by atoms with van der Waals surface area (Å²) in [5.41, 5.74) is 1.49. The van der Waals surface area contributed by atoms with E-state index in [4.69, 9.17) is 11.6 Å². The molecule has 0 saturated carbocycles. The maximum absolute atomic E-state index is 12.3. The van der Waals surface area contributed by atoms with E-state index in [0.29, 0.717) is 15.1 Å². The Hall–Kier alpha value is -0.840. The van der Waals surface area contributed by atoms with Crippen molar-refractivity contribution in [2.24, 2.45) is 0 Å². The topological polar surface area (TPSA) is 29.1 Å². The van der Waals surface area contributed by atoms with Gasteiger partial charge in [-0.15, -0.1) is 0 Å². The zero-order valence-electron chi connectivity index (χ0n) is 10.7. The van der Waals surface area contributed by atoms with Gasteiger partial charge >= 0.3 is 0 Å². The molecule has 2 aromatic carbocycles. The average Bonchev–Trinajstić information content (AvgIpc) is 2.41. The maximum Gasteiger partial charge on any atom is 0.253 e. The van der Waals surface area contributed by atoms with Crippen LogP contribution in [0.25, 0.3) is 0 Å². The van der Waals surface area contributed by atoms with Crippen molar-refractivity contribution < 1.29 is 4.79 Å². The molecule has 0 aliphatic carbocycles. The third kappa shape index (κ3) is 3.62. The van der Waals surface area contributed by atoms with Gasteiger partial charge in [0.15, 0.2) is 0 Å². The van der Waals surface area contributed by atoms with Crippen molar-refractivity contribution in [2.75, 3.05) is 0 Å². The Morgan fingerprint density at radius 3 is 2.60 bits per heavy atom. The van der Waals surface area contributed by atoms with Crippen molar-refractivity contribution >= 4 is 49.4 Å². The van der Waals surface area contributed by atoms with Crippen LogP contribution in [-0.4, -0.2) is 5.91 Å². The number of halogens is 3. The highest BCUT2D eigenvalue weighted by Gasteiger charge is 2.15. The van der Waals surface area contributed by atoms with Crippen molar-refractivity contribution in [1.82, 2.24) is 5.32 Å². The van der Waals surface area contributed by atoms with E-state index in [9.17, 15) is 4.79 Å². The summed E-state index contributed by atoms with van der Waals surface area (Å²) in [7, 11) is 0. The monoisotopic (exact) mass is 415 g/mol. The second-order valence-electron chi connectivity index (χ2n) is 4.35. The number of nitrogens with one attached hydrogen (secondary N) is 1. The number of hydrogen-bond acceptors (Lipinski definition) is 1. The average molecular weight is 418 g/mol. The van der Waals surface area contributed by atoms with Gasteiger partial charge in [0.1, 0.15) is 0 Å². The van der Waals surface area contributed by atoms with Crippen LogP contribution in [0.15, 0.2) is 51.4 Å². The van der Waals surface area contributed by atoms with Gasteiger partial charge in [-0.05, 0) is 52.7 Å². The van der Waals surface area contributed by atoms with E-state index >= 15 is 0 Å². The van der Waals surface area contributed by atoms with Gasteiger partial charge in [0.05, 0.1) is 16.6 Å². The minimum Gasteiger partial charge on any atom is -0.345 e. The van der Waals surface area contributed by atoms with Crippen LogP contribution in [0.3, 0.4) is 0 Å². The molecule has 5 heteroatoms.